The summed E-state index contributed by atoms with van der Waals surface area (Å²) in [6.07, 6.45) is 1.61. The summed E-state index contributed by atoms with van der Waals surface area (Å²) in [7, 11) is 0. The molecule has 5 nitrogen and oxygen atoms in total. The lowest BCUT2D eigenvalue weighted by atomic mass is 9.79. The lowest BCUT2D eigenvalue weighted by Gasteiger charge is -2.43. The highest BCUT2D eigenvalue weighted by Gasteiger charge is 2.38. The first-order chi connectivity index (χ1) is 10.3. The Labute approximate surface area is 123 Å². The summed E-state index contributed by atoms with van der Waals surface area (Å²) < 4.78 is 5.45. The monoisotopic (exact) mass is 285 g/mol. The maximum absolute atomic E-state index is 10.3. The van der Waals surface area contributed by atoms with Gasteiger partial charge in [-0.05, 0) is 37.4 Å². The zero-order chi connectivity index (χ0) is 14.2. The van der Waals surface area contributed by atoms with Gasteiger partial charge in [-0.15, -0.1) is 0 Å². The van der Waals surface area contributed by atoms with Crippen LogP contribution >= 0.6 is 0 Å². The second-order valence-electron chi connectivity index (χ2n) is 6.05. The molecule has 1 aromatic heterocycles. The minimum Gasteiger partial charge on any atom is -0.380 e. The Balaban J connectivity index is 1.56. The van der Waals surface area contributed by atoms with Crippen molar-refractivity contribution >= 4 is 0 Å². The van der Waals surface area contributed by atoms with E-state index >= 15 is 0 Å². The molecule has 3 saturated heterocycles. The summed E-state index contributed by atoms with van der Waals surface area (Å²) in [5.41, 5.74) is 0.791. The van der Waals surface area contributed by atoms with Crippen molar-refractivity contribution in [1.29, 1.82) is 0 Å². The third-order valence-electron chi connectivity index (χ3n) is 4.79. The van der Waals surface area contributed by atoms with Crippen LogP contribution in [0.1, 0.15) is 42.1 Å². The van der Waals surface area contributed by atoms with E-state index in [1.165, 1.54) is 25.9 Å². The summed E-state index contributed by atoms with van der Waals surface area (Å²) in [5, 5.41) is 14.3. The van der Waals surface area contributed by atoms with Crippen LogP contribution in [0.4, 0.5) is 0 Å². The topological polar surface area (TPSA) is 62.4 Å². The van der Waals surface area contributed by atoms with Crippen molar-refractivity contribution in [2.45, 2.75) is 24.9 Å². The zero-order valence-corrected chi connectivity index (χ0v) is 11.9. The van der Waals surface area contributed by atoms with E-state index in [0.717, 1.165) is 12.1 Å². The highest BCUT2D eigenvalue weighted by Crippen LogP contribution is 2.38. The van der Waals surface area contributed by atoms with Crippen LogP contribution in [0.5, 0.6) is 0 Å². The Kier molecular flexibility index (Phi) is 3.24. The lowest BCUT2D eigenvalue weighted by molar-refractivity contribution is 0.0727. The van der Waals surface area contributed by atoms with Gasteiger partial charge >= 0.3 is 0 Å². The molecule has 3 aliphatic rings. The largest absolute Gasteiger partial charge is 0.380 e. The molecule has 0 saturated carbocycles. The Morgan fingerprint density at radius 1 is 1.19 bits per heavy atom. The first-order valence-electron chi connectivity index (χ1n) is 7.60. The van der Waals surface area contributed by atoms with Crippen LogP contribution in [0.15, 0.2) is 34.9 Å². The molecule has 2 bridgehead atoms. The Hall–Kier alpha value is -1.72. The van der Waals surface area contributed by atoms with Crippen LogP contribution in [0.2, 0.25) is 0 Å². The molecule has 0 amide bonds. The van der Waals surface area contributed by atoms with E-state index in [0.29, 0.717) is 23.6 Å². The molecule has 5 heteroatoms. The first-order valence-corrected chi connectivity index (χ1v) is 7.60. The van der Waals surface area contributed by atoms with Gasteiger partial charge in [0.15, 0.2) is 0 Å². The Bertz CT molecular complexity index is 605. The maximum Gasteiger partial charge on any atom is 0.231 e. The van der Waals surface area contributed by atoms with Crippen molar-refractivity contribution in [3.05, 3.63) is 47.6 Å². The molecule has 1 N–H and O–H groups in total. The number of piperidine rings is 3. The summed E-state index contributed by atoms with van der Waals surface area (Å²) >= 11 is 0. The van der Waals surface area contributed by atoms with Gasteiger partial charge in [0.25, 0.3) is 0 Å². The van der Waals surface area contributed by atoms with E-state index in [1.807, 2.05) is 30.3 Å². The molecule has 1 aromatic carbocycles. The van der Waals surface area contributed by atoms with Crippen LogP contribution in [0, 0.1) is 5.92 Å². The zero-order valence-electron chi connectivity index (χ0n) is 11.9. The van der Waals surface area contributed by atoms with Gasteiger partial charge in [0, 0.05) is 6.54 Å². The number of hydrogen-bond acceptors (Lipinski definition) is 5. The Morgan fingerprint density at radius 2 is 1.95 bits per heavy atom. The average Bonchev–Trinajstić information content (AvgIpc) is 3.06. The number of benzene rings is 1. The van der Waals surface area contributed by atoms with Crippen molar-refractivity contribution in [3.8, 4) is 0 Å². The number of aliphatic hydroxyl groups is 1. The van der Waals surface area contributed by atoms with Crippen LogP contribution in [-0.2, 0) is 0 Å². The number of nitrogens with zero attached hydrogens (tertiary/aromatic N) is 3. The summed E-state index contributed by atoms with van der Waals surface area (Å²) in [5.74, 6) is 2.04. The van der Waals surface area contributed by atoms with Gasteiger partial charge in [0.1, 0.15) is 6.10 Å². The normalized spacial score (nSPS) is 29.5. The molecular weight excluding hydrogens is 266 g/mol. The highest BCUT2D eigenvalue weighted by molar-refractivity contribution is 5.22. The smallest absolute Gasteiger partial charge is 0.231 e. The minimum atomic E-state index is -0.815. The van der Waals surface area contributed by atoms with Crippen LogP contribution in [0.25, 0.3) is 0 Å². The predicted octanol–water partition coefficient (Wildman–Crippen LogP) is 1.96. The molecule has 110 valence electrons. The van der Waals surface area contributed by atoms with Gasteiger partial charge in [-0.3, -0.25) is 0 Å². The molecule has 2 atom stereocenters. The molecule has 2 unspecified atom stereocenters. The second-order valence-corrected chi connectivity index (χ2v) is 6.05. The quantitative estimate of drug-likeness (QED) is 0.934. The van der Waals surface area contributed by atoms with Gasteiger partial charge in [-0.25, -0.2) is 0 Å². The second kappa shape index (κ2) is 5.24. The van der Waals surface area contributed by atoms with E-state index in [4.69, 9.17) is 4.52 Å². The highest BCUT2D eigenvalue weighted by atomic mass is 16.5. The standard InChI is InChI=1S/C16H19N3O2/c20-14(12-4-2-1-3-5-12)15-17-16(21-18-15)13-10-19-8-6-11(13)7-9-19/h1-5,11,13-14,20H,6-10H2. The third kappa shape index (κ3) is 2.36. The van der Waals surface area contributed by atoms with Crippen molar-refractivity contribution in [2.75, 3.05) is 19.6 Å². The summed E-state index contributed by atoms with van der Waals surface area (Å²) in [4.78, 5) is 6.94. The van der Waals surface area contributed by atoms with Gasteiger partial charge in [-0.2, -0.15) is 4.98 Å². The van der Waals surface area contributed by atoms with Crippen molar-refractivity contribution < 1.29 is 9.63 Å². The third-order valence-corrected chi connectivity index (χ3v) is 4.79. The molecule has 5 rings (SSSR count). The van der Waals surface area contributed by atoms with Crippen LogP contribution in [0.3, 0.4) is 0 Å². The van der Waals surface area contributed by atoms with Crippen molar-refractivity contribution in [3.63, 3.8) is 0 Å². The molecule has 3 aliphatic heterocycles. The van der Waals surface area contributed by atoms with Crippen molar-refractivity contribution in [2.24, 2.45) is 5.92 Å². The van der Waals surface area contributed by atoms with Gasteiger partial charge in [-0.1, -0.05) is 35.5 Å². The maximum atomic E-state index is 10.3. The number of rotatable bonds is 3. The molecule has 0 aliphatic carbocycles. The van der Waals surface area contributed by atoms with E-state index in [9.17, 15) is 5.11 Å². The lowest BCUT2D eigenvalue weighted by Crippen LogP contribution is -2.46. The van der Waals surface area contributed by atoms with Gasteiger partial charge in [0.2, 0.25) is 11.7 Å². The summed E-state index contributed by atoms with van der Waals surface area (Å²) in [6, 6.07) is 9.45. The van der Waals surface area contributed by atoms with E-state index in [2.05, 4.69) is 15.0 Å². The van der Waals surface area contributed by atoms with Crippen LogP contribution in [-0.4, -0.2) is 39.8 Å². The van der Waals surface area contributed by atoms with E-state index in [1.54, 1.807) is 0 Å². The molecule has 4 heterocycles. The SMILES string of the molecule is OC(c1ccccc1)c1noc(C2CN3CCC2CC3)n1. The van der Waals surface area contributed by atoms with E-state index in [-0.39, 0.29) is 0 Å². The van der Waals surface area contributed by atoms with E-state index < -0.39 is 6.10 Å². The molecule has 3 fully saturated rings. The first kappa shape index (κ1) is 13.0. The predicted molar refractivity (Wildman–Crippen MR) is 76.7 cm³/mol. The molecule has 2 aromatic rings. The Morgan fingerprint density at radius 3 is 2.62 bits per heavy atom. The van der Waals surface area contributed by atoms with Crippen LogP contribution < -0.4 is 0 Å². The molecule has 21 heavy (non-hydrogen) atoms. The van der Waals surface area contributed by atoms with Gasteiger partial charge in [0.05, 0.1) is 5.92 Å². The number of aromatic nitrogens is 2. The molecular formula is C16H19N3O2. The molecule has 0 spiro atoms. The fourth-order valence-electron chi connectivity index (χ4n) is 3.54. The number of hydrogen-bond donors (Lipinski definition) is 1. The van der Waals surface area contributed by atoms with Gasteiger partial charge < -0.3 is 14.5 Å². The minimum absolute atomic E-state index is 0.330. The average molecular weight is 285 g/mol. The molecule has 0 radical (unpaired) electrons. The summed E-state index contributed by atoms with van der Waals surface area (Å²) in [6.45, 7) is 3.39. The number of fused-ring (bicyclic) bond motifs is 3. The fraction of sp³-hybridized carbons (Fsp3) is 0.500. The van der Waals surface area contributed by atoms with Crippen molar-refractivity contribution in [1.82, 2.24) is 15.0 Å². The fourth-order valence-corrected chi connectivity index (χ4v) is 3.54. The number of aliphatic hydroxyl groups excluding tert-OH is 1.